The number of rotatable bonds is 4. The van der Waals surface area contributed by atoms with Crippen molar-refractivity contribution in [2.24, 2.45) is 0 Å². The van der Waals surface area contributed by atoms with E-state index in [9.17, 15) is 0 Å². The van der Waals surface area contributed by atoms with Gasteiger partial charge in [0.1, 0.15) is 0 Å². The zero-order chi connectivity index (χ0) is 18.1. The van der Waals surface area contributed by atoms with E-state index in [-0.39, 0.29) is 12.1 Å². The van der Waals surface area contributed by atoms with Crippen LogP contribution in [0.1, 0.15) is 22.7 Å². The summed E-state index contributed by atoms with van der Waals surface area (Å²) >= 11 is 7.47. The molecule has 132 valence electrons. The van der Waals surface area contributed by atoms with Crippen LogP contribution in [0, 0.1) is 0 Å². The summed E-state index contributed by atoms with van der Waals surface area (Å²) in [6.45, 7) is 0. The van der Waals surface area contributed by atoms with Crippen LogP contribution in [0.2, 0.25) is 0 Å². The molecular weight excluding hydrogens is 360 g/mol. The Morgan fingerprint density at radius 2 is 1.88 bits per heavy atom. The van der Waals surface area contributed by atoms with Gasteiger partial charge in [-0.1, -0.05) is 12.1 Å². The van der Waals surface area contributed by atoms with Gasteiger partial charge in [-0.25, -0.2) is 0 Å². The number of nitrogens with zero attached hydrogens (tertiary/aromatic N) is 3. The van der Waals surface area contributed by atoms with Crippen LogP contribution < -0.4 is 15.1 Å². The second-order valence-electron chi connectivity index (χ2n) is 6.42. The molecule has 3 aromatic rings. The summed E-state index contributed by atoms with van der Waals surface area (Å²) in [4.78, 5) is 10.1. The van der Waals surface area contributed by atoms with Crippen LogP contribution in [0.5, 0.6) is 0 Å². The number of thiophene rings is 1. The zero-order valence-corrected chi connectivity index (χ0v) is 16.3. The third kappa shape index (κ3) is 3.06. The summed E-state index contributed by atoms with van der Waals surface area (Å²) in [6, 6.07) is 18.9. The third-order valence-electron chi connectivity index (χ3n) is 4.58. The van der Waals surface area contributed by atoms with Gasteiger partial charge in [0, 0.05) is 36.5 Å². The number of benzene rings is 1. The van der Waals surface area contributed by atoms with Crippen LogP contribution in [0.4, 0.5) is 11.4 Å². The number of aromatic nitrogens is 1. The number of hydrogen-bond acceptors (Lipinski definition) is 4. The van der Waals surface area contributed by atoms with Crippen LogP contribution in [0.15, 0.2) is 66.2 Å². The first kappa shape index (κ1) is 17.0. The first-order valence-electron chi connectivity index (χ1n) is 8.46. The molecule has 0 radical (unpaired) electrons. The minimum atomic E-state index is 0.0240. The lowest BCUT2D eigenvalue weighted by molar-refractivity contribution is 0.575. The molecule has 1 aromatic carbocycles. The smallest absolute Gasteiger partial charge is 0.174 e. The molecule has 1 aliphatic heterocycles. The second-order valence-corrected chi connectivity index (χ2v) is 7.79. The molecule has 0 spiro atoms. The van der Waals surface area contributed by atoms with E-state index in [1.807, 2.05) is 32.4 Å². The number of thiocarbonyl (C=S) groups is 1. The van der Waals surface area contributed by atoms with Crippen molar-refractivity contribution in [3.05, 3.63) is 76.7 Å². The minimum absolute atomic E-state index is 0.0240. The predicted molar refractivity (Wildman–Crippen MR) is 113 cm³/mol. The van der Waals surface area contributed by atoms with Gasteiger partial charge >= 0.3 is 0 Å². The lowest BCUT2D eigenvalue weighted by Gasteiger charge is -2.27. The largest absolute Gasteiger partial charge is 0.378 e. The molecule has 4 nitrogen and oxygen atoms in total. The SMILES string of the molecule is CN(C)c1ccc(N2C(=S)N[C@H](c3ccccn3)[C@H]2c2cccs2)cc1. The van der Waals surface area contributed by atoms with Crippen molar-refractivity contribution >= 4 is 40.0 Å². The highest BCUT2D eigenvalue weighted by atomic mass is 32.1. The van der Waals surface area contributed by atoms with E-state index in [2.05, 4.69) is 67.9 Å². The standard InChI is InChI=1S/C20H20N4S2/c1-23(2)14-8-10-15(11-9-14)24-19(17-7-5-13-26-17)18(22-20(24)25)16-6-3-4-12-21-16/h3-13,18-19H,1-2H3,(H,22,25)/t18-,19-/m1/s1. The number of pyridine rings is 1. The van der Waals surface area contributed by atoms with Crippen molar-refractivity contribution in [2.75, 3.05) is 23.9 Å². The summed E-state index contributed by atoms with van der Waals surface area (Å²) in [7, 11) is 4.09. The molecule has 2 atom stereocenters. The molecule has 26 heavy (non-hydrogen) atoms. The maximum Gasteiger partial charge on any atom is 0.174 e. The van der Waals surface area contributed by atoms with E-state index in [4.69, 9.17) is 12.2 Å². The third-order valence-corrected chi connectivity index (χ3v) is 5.83. The molecular formula is C20H20N4S2. The van der Waals surface area contributed by atoms with Gasteiger partial charge in [-0.2, -0.15) is 0 Å². The van der Waals surface area contributed by atoms with E-state index in [1.165, 1.54) is 10.6 Å². The maximum absolute atomic E-state index is 5.72. The molecule has 1 N–H and O–H groups in total. The van der Waals surface area contributed by atoms with E-state index >= 15 is 0 Å². The fourth-order valence-electron chi connectivity index (χ4n) is 3.29. The molecule has 1 aliphatic rings. The fourth-order valence-corrected chi connectivity index (χ4v) is 4.49. The van der Waals surface area contributed by atoms with Gasteiger partial charge in [0.15, 0.2) is 5.11 Å². The Hall–Kier alpha value is -2.44. The fraction of sp³-hybridized carbons (Fsp3) is 0.200. The van der Waals surface area contributed by atoms with Gasteiger partial charge in [0.25, 0.3) is 0 Å². The average Bonchev–Trinajstić information content (AvgIpc) is 3.30. The van der Waals surface area contributed by atoms with Gasteiger partial charge in [0.2, 0.25) is 0 Å². The highest BCUT2D eigenvalue weighted by Crippen LogP contribution is 2.43. The monoisotopic (exact) mass is 380 g/mol. The van der Waals surface area contributed by atoms with Gasteiger partial charge in [0.05, 0.1) is 17.8 Å². The Morgan fingerprint density at radius 1 is 1.08 bits per heavy atom. The summed E-state index contributed by atoms with van der Waals surface area (Å²) in [5, 5.41) is 6.33. The van der Waals surface area contributed by atoms with Gasteiger partial charge in [-0.3, -0.25) is 4.98 Å². The highest BCUT2D eigenvalue weighted by Gasteiger charge is 2.41. The number of hydrogen-bond donors (Lipinski definition) is 1. The van der Waals surface area contributed by atoms with E-state index in [1.54, 1.807) is 11.3 Å². The van der Waals surface area contributed by atoms with Crippen molar-refractivity contribution in [2.45, 2.75) is 12.1 Å². The topological polar surface area (TPSA) is 31.4 Å². The first-order chi connectivity index (χ1) is 12.6. The average molecular weight is 381 g/mol. The van der Waals surface area contributed by atoms with Gasteiger partial charge in [-0.15, -0.1) is 11.3 Å². The zero-order valence-electron chi connectivity index (χ0n) is 14.7. The van der Waals surface area contributed by atoms with Crippen molar-refractivity contribution in [1.82, 2.24) is 10.3 Å². The minimum Gasteiger partial charge on any atom is -0.378 e. The predicted octanol–water partition coefficient (Wildman–Crippen LogP) is 4.39. The Bertz CT molecular complexity index is 876. The molecule has 0 amide bonds. The molecule has 6 heteroatoms. The van der Waals surface area contributed by atoms with Crippen LogP contribution >= 0.6 is 23.6 Å². The molecule has 0 saturated carbocycles. The Balaban J connectivity index is 1.76. The number of anilines is 2. The second kappa shape index (κ2) is 7.05. The van der Waals surface area contributed by atoms with Crippen molar-refractivity contribution in [1.29, 1.82) is 0 Å². The molecule has 0 aliphatic carbocycles. The molecule has 0 bridgehead atoms. The summed E-state index contributed by atoms with van der Waals surface area (Å²) < 4.78 is 0. The quantitative estimate of drug-likeness (QED) is 0.679. The van der Waals surface area contributed by atoms with Crippen LogP contribution in [-0.4, -0.2) is 24.2 Å². The molecule has 1 fully saturated rings. The molecule has 0 unspecified atom stereocenters. The maximum atomic E-state index is 5.72. The summed E-state index contributed by atoms with van der Waals surface area (Å²) in [6.07, 6.45) is 1.83. The molecule has 3 heterocycles. The molecule has 1 saturated heterocycles. The van der Waals surface area contributed by atoms with Crippen molar-refractivity contribution in [3.8, 4) is 0 Å². The Labute approximate surface area is 163 Å². The Morgan fingerprint density at radius 3 is 2.50 bits per heavy atom. The van der Waals surface area contributed by atoms with Crippen LogP contribution in [-0.2, 0) is 0 Å². The lowest BCUT2D eigenvalue weighted by Crippen LogP contribution is -2.29. The summed E-state index contributed by atoms with van der Waals surface area (Å²) in [5.74, 6) is 0. The van der Waals surface area contributed by atoms with E-state index in [0.717, 1.165) is 16.5 Å². The Kier molecular flexibility index (Phi) is 4.61. The highest BCUT2D eigenvalue weighted by molar-refractivity contribution is 7.80. The first-order valence-corrected chi connectivity index (χ1v) is 9.75. The van der Waals surface area contributed by atoms with Crippen LogP contribution in [0.25, 0.3) is 0 Å². The molecule has 4 rings (SSSR count). The normalized spacial score (nSPS) is 19.5. The lowest BCUT2D eigenvalue weighted by atomic mass is 10.0. The van der Waals surface area contributed by atoms with Gasteiger partial charge < -0.3 is 15.1 Å². The van der Waals surface area contributed by atoms with Crippen LogP contribution in [0.3, 0.4) is 0 Å². The molecule has 2 aromatic heterocycles. The van der Waals surface area contributed by atoms with Crippen molar-refractivity contribution < 1.29 is 0 Å². The van der Waals surface area contributed by atoms with Gasteiger partial charge in [-0.05, 0) is 60.1 Å². The van der Waals surface area contributed by atoms with Crippen molar-refractivity contribution in [3.63, 3.8) is 0 Å². The van der Waals surface area contributed by atoms with E-state index < -0.39 is 0 Å². The van der Waals surface area contributed by atoms with E-state index in [0.29, 0.717) is 0 Å². The number of nitrogens with one attached hydrogen (secondary N) is 1. The summed E-state index contributed by atoms with van der Waals surface area (Å²) in [5.41, 5.74) is 3.26.